The molecule has 0 radical (unpaired) electrons. The van der Waals surface area contributed by atoms with Gasteiger partial charge in [0.1, 0.15) is 0 Å². The average molecular weight is 286 g/mol. The lowest BCUT2D eigenvalue weighted by Crippen LogP contribution is -2.29. The van der Waals surface area contributed by atoms with Crippen LogP contribution in [0.5, 0.6) is 0 Å². The van der Waals surface area contributed by atoms with Gasteiger partial charge in [-0.25, -0.2) is 0 Å². The molecule has 6 heteroatoms. The number of anilines is 1. The predicted molar refractivity (Wildman–Crippen MR) is 78.1 cm³/mol. The number of halogens is 1. The van der Waals surface area contributed by atoms with Crippen LogP contribution in [-0.4, -0.2) is 18.4 Å². The third kappa shape index (κ3) is 6.79. The topological polar surface area (TPSA) is 84.2 Å². The standard InChI is InChI=1S/C13H19N3O2.ClH/c1-2-3-12(17)16-11-6-4-10(5-7-11)9-15-13(18)8-14;/h4-7H,2-3,8-9,14H2,1H3,(H,15,18)(H,16,17);1H. The van der Waals surface area contributed by atoms with Gasteiger partial charge in [0.25, 0.3) is 0 Å². The van der Waals surface area contributed by atoms with Gasteiger partial charge in [0.15, 0.2) is 0 Å². The van der Waals surface area contributed by atoms with Crippen LogP contribution in [0.25, 0.3) is 0 Å². The molecule has 4 N–H and O–H groups in total. The van der Waals surface area contributed by atoms with E-state index in [0.29, 0.717) is 13.0 Å². The molecule has 0 saturated carbocycles. The summed E-state index contributed by atoms with van der Waals surface area (Å²) in [7, 11) is 0. The second-order valence-electron chi connectivity index (χ2n) is 3.98. The Balaban J connectivity index is 0.00000324. The smallest absolute Gasteiger partial charge is 0.234 e. The number of hydrogen-bond acceptors (Lipinski definition) is 3. The zero-order valence-electron chi connectivity index (χ0n) is 10.9. The molecule has 0 heterocycles. The summed E-state index contributed by atoms with van der Waals surface area (Å²) in [4.78, 5) is 22.3. The quantitative estimate of drug-likeness (QED) is 0.739. The number of carbonyl (C=O) groups is 2. The fourth-order valence-electron chi connectivity index (χ4n) is 1.43. The molecule has 0 aliphatic carbocycles. The van der Waals surface area contributed by atoms with E-state index >= 15 is 0 Å². The highest BCUT2D eigenvalue weighted by atomic mass is 35.5. The Hall–Kier alpha value is -1.59. The van der Waals surface area contributed by atoms with Gasteiger partial charge in [-0.3, -0.25) is 9.59 Å². The fourth-order valence-corrected chi connectivity index (χ4v) is 1.43. The highest BCUT2D eigenvalue weighted by molar-refractivity contribution is 5.90. The minimum Gasteiger partial charge on any atom is -0.351 e. The monoisotopic (exact) mass is 285 g/mol. The minimum absolute atomic E-state index is 0. The molecule has 2 amide bonds. The van der Waals surface area contributed by atoms with Crippen LogP contribution in [0.3, 0.4) is 0 Å². The zero-order chi connectivity index (χ0) is 13.4. The number of hydrogen-bond donors (Lipinski definition) is 3. The van der Waals surface area contributed by atoms with Gasteiger partial charge in [-0.05, 0) is 24.1 Å². The number of benzene rings is 1. The maximum absolute atomic E-state index is 11.4. The van der Waals surface area contributed by atoms with E-state index < -0.39 is 0 Å². The summed E-state index contributed by atoms with van der Waals surface area (Å²) in [5.41, 5.74) is 6.91. The lowest BCUT2D eigenvalue weighted by atomic mass is 10.2. The van der Waals surface area contributed by atoms with Gasteiger partial charge in [0, 0.05) is 18.7 Å². The minimum atomic E-state index is -0.185. The van der Waals surface area contributed by atoms with Gasteiger partial charge >= 0.3 is 0 Å². The van der Waals surface area contributed by atoms with E-state index in [2.05, 4.69) is 10.6 Å². The Labute approximate surface area is 119 Å². The molecule has 0 unspecified atom stereocenters. The van der Waals surface area contributed by atoms with Crippen LogP contribution in [-0.2, 0) is 16.1 Å². The van der Waals surface area contributed by atoms with Crippen molar-refractivity contribution in [2.24, 2.45) is 5.73 Å². The first-order chi connectivity index (χ1) is 8.65. The summed E-state index contributed by atoms with van der Waals surface area (Å²) in [6.45, 7) is 2.40. The first-order valence-electron chi connectivity index (χ1n) is 6.01. The molecule has 0 aromatic heterocycles. The fraction of sp³-hybridized carbons (Fsp3) is 0.385. The summed E-state index contributed by atoms with van der Waals surface area (Å²) >= 11 is 0. The van der Waals surface area contributed by atoms with Crippen LogP contribution >= 0.6 is 12.4 Å². The van der Waals surface area contributed by atoms with Crippen molar-refractivity contribution in [3.05, 3.63) is 29.8 Å². The van der Waals surface area contributed by atoms with Crippen LogP contribution < -0.4 is 16.4 Å². The van der Waals surface area contributed by atoms with Gasteiger partial charge < -0.3 is 16.4 Å². The number of carbonyl (C=O) groups excluding carboxylic acids is 2. The Kier molecular flexibility index (Phi) is 8.57. The molecule has 0 aliphatic rings. The Morgan fingerprint density at radius 1 is 1.16 bits per heavy atom. The van der Waals surface area contributed by atoms with Crippen molar-refractivity contribution in [3.8, 4) is 0 Å². The van der Waals surface area contributed by atoms with Gasteiger partial charge in [-0.15, -0.1) is 12.4 Å². The second-order valence-corrected chi connectivity index (χ2v) is 3.98. The third-order valence-electron chi connectivity index (χ3n) is 2.39. The van der Waals surface area contributed by atoms with Gasteiger partial charge in [0.2, 0.25) is 11.8 Å². The van der Waals surface area contributed by atoms with E-state index in [9.17, 15) is 9.59 Å². The Morgan fingerprint density at radius 3 is 2.32 bits per heavy atom. The van der Waals surface area contributed by atoms with E-state index in [-0.39, 0.29) is 30.8 Å². The molecule has 0 aliphatic heterocycles. The van der Waals surface area contributed by atoms with E-state index in [1.54, 1.807) is 0 Å². The lowest BCUT2D eigenvalue weighted by Gasteiger charge is -2.07. The van der Waals surface area contributed by atoms with E-state index in [1.165, 1.54) is 0 Å². The molecular formula is C13H20ClN3O2. The van der Waals surface area contributed by atoms with Crippen molar-refractivity contribution in [2.75, 3.05) is 11.9 Å². The van der Waals surface area contributed by atoms with Crippen LogP contribution in [0, 0.1) is 0 Å². The Morgan fingerprint density at radius 2 is 1.79 bits per heavy atom. The summed E-state index contributed by atoms with van der Waals surface area (Å²) in [5, 5.41) is 5.48. The van der Waals surface area contributed by atoms with Crippen molar-refractivity contribution in [3.63, 3.8) is 0 Å². The van der Waals surface area contributed by atoms with Crippen molar-refractivity contribution in [1.82, 2.24) is 5.32 Å². The van der Waals surface area contributed by atoms with E-state index in [4.69, 9.17) is 5.73 Å². The van der Waals surface area contributed by atoms with Crippen molar-refractivity contribution >= 4 is 29.9 Å². The molecule has 0 fully saturated rings. The predicted octanol–water partition coefficient (Wildman–Crippen LogP) is 1.42. The molecule has 19 heavy (non-hydrogen) atoms. The van der Waals surface area contributed by atoms with Crippen LogP contribution in [0.1, 0.15) is 25.3 Å². The molecular weight excluding hydrogens is 266 g/mol. The summed E-state index contributed by atoms with van der Waals surface area (Å²) in [6.07, 6.45) is 1.35. The molecule has 0 bridgehead atoms. The van der Waals surface area contributed by atoms with Gasteiger partial charge in [-0.1, -0.05) is 19.1 Å². The van der Waals surface area contributed by atoms with Crippen molar-refractivity contribution < 1.29 is 9.59 Å². The van der Waals surface area contributed by atoms with Crippen LogP contribution in [0.4, 0.5) is 5.69 Å². The van der Waals surface area contributed by atoms with Crippen LogP contribution in [0.2, 0.25) is 0 Å². The molecule has 0 atom stereocenters. The second kappa shape index (κ2) is 9.35. The number of nitrogens with one attached hydrogen (secondary N) is 2. The van der Waals surface area contributed by atoms with Gasteiger partial charge in [0.05, 0.1) is 6.54 Å². The largest absolute Gasteiger partial charge is 0.351 e. The molecule has 1 aromatic carbocycles. The SMILES string of the molecule is CCCC(=O)Nc1ccc(CNC(=O)CN)cc1.Cl. The molecule has 1 aromatic rings. The maximum atomic E-state index is 11.4. The van der Waals surface area contributed by atoms with Crippen LogP contribution in [0.15, 0.2) is 24.3 Å². The maximum Gasteiger partial charge on any atom is 0.234 e. The zero-order valence-corrected chi connectivity index (χ0v) is 11.8. The number of rotatable bonds is 6. The summed E-state index contributed by atoms with van der Waals surface area (Å²) in [5.74, 6) is -0.169. The molecule has 106 valence electrons. The Bertz CT molecular complexity index is 407. The molecule has 1 rings (SSSR count). The van der Waals surface area contributed by atoms with E-state index in [0.717, 1.165) is 17.7 Å². The number of amides is 2. The molecule has 0 saturated heterocycles. The highest BCUT2D eigenvalue weighted by Crippen LogP contribution is 2.10. The normalized spacial score (nSPS) is 9.37. The third-order valence-corrected chi connectivity index (χ3v) is 2.39. The molecule has 5 nitrogen and oxygen atoms in total. The number of nitrogens with two attached hydrogens (primary N) is 1. The highest BCUT2D eigenvalue weighted by Gasteiger charge is 2.01. The average Bonchev–Trinajstić information content (AvgIpc) is 2.37. The van der Waals surface area contributed by atoms with Gasteiger partial charge in [-0.2, -0.15) is 0 Å². The summed E-state index contributed by atoms with van der Waals surface area (Å²) in [6, 6.07) is 7.35. The summed E-state index contributed by atoms with van der Waals surface area (Å²) < 4.78 is 0. The van der Waals surface area contributed by atoms with Crippen molar-refractivity contribution in [1.29, 1.82) is 0 Å². The molecule has 0 spiro atoms. The lowest BCUT2D eigenvalue weighted by molar-refractivity contribution is -0.120. The van der Waals surface area contributed by atoms with E-state index in [1.807, 2.05) is 31.2 Å². The first kappa shape index (κ1) is 17.4. The van der Waals surface area contributed by atoms with Crippen molar-refractivity contribution in [2.45, 2.75) is 26.3 Å². The first-order valence-corrected chi connectivity index (χ1v) is 6.01.